The van der Waals surface area contributed by atoms with Gasteiger partial charge in [0.05, 0.1) is 11.8 Å². The summed E-state index contributed by atoms with van der Waals surface area (Å²) in [5.41, 5.74) is 4.54. The van der Waals surface area contributed by atoms with Crippen molar-refractivity contribution >= 4 is 32.8 Å². The van der Waals surface area contributed by atoms with Crippen molar-refractivity contribution in [2.45, 2.75) is 65.8 Å². The number of benzene rings is 1. The number of rotatable bonds is 9. The number of unbranched alkanes of at least 4 members (excludes halogenated alkanes) is 1. The van der Waals surface area contributed by atoms with Gasteiger partial charge in [0.25, 0.3) is 0 Å². The van der Waals surface area contributed by atoms with Gasteiger partial charge in [-0.25, -0.2) is 9.50 Å². The van der Waals surface area contributed by atoms with E-state index in [-0.39, 0.29) is 0 Å². The molecule has 0 radical (unpaired) electrons. The van der Waals surface area contributed by atoms with Crippen LogP contribution in [0.3, 0.4) is 0 Å². The maximum absolute atomic E-state index is 5.58. The fourth-order valence-corrected chi connectivity index (χ4v) is 5.70. The summed E-state index contributed by atoms with van der Waals surface area (Å²) in [5.74, 6) is 1.76. The first-order chi connectivity index (χ1) is 16.9. The van der Waals surface area contributed by atoms with E-state index in [2.05, 4.69) is 86.4 Å². The third-order valence-corrected chi connectivity index (χ3v) is 7.73. The van der Waals surface area contributed by atoms with Crippen LogP contribution in [0, 0.1) is 6.92 Å². The lowest BCUT2D eigenvalue weighted by molar-refractivity contribution is 0.266. The van der Waals surface area contributed by atoms with Crippen molar-refractivity contribution in [1.29, 1.82) is 0 Å². The van der Waals surface area contributed by atoms with E-state index in [0.29, 0.717) is 0 Å². The van der Waals surface area contributed by atoms with E-state index in [1.165, 1.54) is 51.9 Å². The molecule has 7 heteroatoms. The molecule has 0 aliphatic heterocycles. The molecule has 35 heavy (non-hydrogen) atoms. The fourth-order valence-electron chi connectivity index (χ4n) is 4.55. The Kier molecular flexibility index (Phi) is 9.52. The number of hydrogen-bond donors (Lipinski definition) is 1. The lowest BCUT2D eigenvalue weighted by atomic mass is 10.1. The highest BCUT2D eigenvalue weighted by Gasteiger charge is 2.18. The predicted molar refractivity (Wildman–Crippen MR) is 151 cm³/mol. The number of hydrogen-bond acceptors (Lipinski definition) is 6. The molecule has 1 aromatic carbocycles. The first kappa shape index (κ1) is 27.0. The molecule has 3 aromatic heterocycles. The van der Waals surface area contributed by atoms with Crippen LogP contribution < -0.4 is 10.1 Å². The molecule has 0 aliphatic carbocycles. The van der Waals surface area contributed by atoms with Crippen LogP contribution in [-0.4, -0.2) is 53.8 Å². The molecule has 4 aromatic rings. The summed E-state index contributed by atoms with van der Waals surface area (Å²) in [6.07, 6.45) is 7.85. The van der Waals surface area contributed by atoms with Crippen LogP contribution in [0.2, 0.25) is 0 Å². The largest absolute Gasteiger partial charge is 0.495 e. The van der Waals surface area contributed by atoms with Crippen LogP contribution in [0.25, 0.3) is 26.0 Å². The minimum Gasteiger partial charge on any atom is -0.495 e. The molecule has 3 heterocycles. The van der Waals surface area contributed by atoms with Crippen LogP contribution >= 0.6 is 11.3 Å². The quantitative estimate of drug-likeness (QED) is 0.270. The highest BCUT2D eigenvalue weighted by Crippen LogP contribution is 2.42. The van der Waals surface area contributed by atoms with Gasteiger partial charge in [0.2, 0.25) is 0 Å². The van der Waals surface area contributed by atoms with Crippen molar-refractivity contribution in [3.63, 3.8) is 0 Å². The summed E-state index contributed by atoms with van der Waals surface area (Å²) < 4.78 is 8.74. The van der Waals surface area contributed by atoms with Gasteiger partial charge in [-0.05, 0) is 69.4 Å². The van der Waals surface area contributed by atoms with E-state index in [4.69, 9.17) is 4.74 Å². The minimum atomic E-state index is 0.806. The smallest absolute Gasteiger partial charge is 0.154 e. The van der Waals surface area contributed by atoms with Crippen molar-refractivity contribution < 1.29 is 4.74 Å². The number of aromatic nitrogens is 3. The average Bonchev–Trinajstić information content (AvgIpc) is 3.45. The Balaban J connectivity index is 0.000000292. The lowest BCUT2D eigenvalue weighted by Crippen LogP contribution is -2.26. The molecule has 0 spiro atoms. The molecule has 1 N–H and O–H groups in total. The molecule has 0 bridgehead atoms. The first-order valence-corrected chi connectivity index (χ1v) is 13.5. The molecule has 0 fully saturated rings. The number of ether oxygens (including phenoxy) is 1. The Hall–Kier alpha value is -2.64. The Morgan fingerprint density at radius 2 is 1.91 bits per heavy atom. The van der Waals surface area contributed by atoms with Gasteiger partial charge in [0.15, 0.2) is 5.82 Å². The van der Waals surface area contributed by atoms with E-state index in [9.17, 15) is 0 Å². The van der Waals surface area contributed by atoms with Gasteiger partial charge in [-0.15, -0.1) is 11.3 Å². The summed E-state index contributed by atoms with van der Waals surface area (Å²) in [5, 5.41) is 8.85. The van der Waals surface area contributed by atoms with Crippen LogP contribution in [0.4, 0.5) is 5.82 Å². The summed E-state index contributed by atoms with van der Waals surface area (Å²) in [7, 11) is 7.96. The molecule has 0 amide bonds. The van der Waals surface area contributed by atoms with Crippen molar-refractivity contribution in [3.8, 4) is 16.2 Å². The molecule has 0 saturated heterocycles. The summed E-state index contributed by atoms with van der Waals surface area (Å²) in [6, 6.07) is 9.54. The number of aryl methyl sites for hydroxylation is 2. The zero-order chi connectivity index (χ0) is 25.5. The van der Waals surface area contributed by atoms with Crippen LogP contribution in [-0.2, 0) is 6.42 Å². The van der Waals surface area contributed by atoms with Gasteiger partial charge in [-0.2, -0.15) is 5.10 Å². The topological polar surface area (TPSA) is 54.7 Å². The Morgan fingerprint density at radius 1 is 1.14 bits per heavy atom. The summed E-state index contributed by atoms with van der Waals surface area (Å²) in [6.45, 7) is 8.75. The van der Waals surface area contributed by atoms with Crippen molar-refractivity contribution in [2.75, 3.05) is 33.6 Å². The van der Waals surface area contributed by atoms with Crippen LogP contribution in [0.15, 0.2) is 30.6 Å². The molecular formula is C28H41N5OS. The van der Waals surface area contributed by atoms with E-state index in [1.807, 2.05) is 11.6 Å². The SMILES string of the molecule is CCCCC(CC)N(C)C.CCc1cc(-c2cc3cc(C)cc(OC)c3s2)c2c(NC)ncnn12. The normalized spacial score (nSPS) is 12.1. The summed E-state index contributed by atoms with van der Waals surface area (Å²) in [4.78, 5) is 7.92. The molecule has 190 valence electrons. The van der Waals surface area contributed by atoms with E-state index in [1.54, 1.807) is 24.8 Å². The third kappa shape index (κ3) is 5.96. The van der Waals surface area contributed by atoms with Crippen molar-refractivity contribution in [3.05, 3.63) is 41.9 Å². The van der Waals surface area contributed by atoms with Gasteiger partial charge in [-0.1, -0.05) is 39.7 Å². The van der Waals surface area contributed by atoms with Crippen molar-refractivity contribution in [1.82, 2.24) is 19.5 Å². The molecule has 0 aliphatic rings. The standard InChI is InChI=1S/C19H20N4OS.C9H21N/c1-5-13-9-14(17-19(20-3)21-10-22-23(13)17)16-8-12-6-11(2)7-15(24-4)18(12)25-16;1-5-7-8-9(6-2)10(3)4/h6-10H,5H2,1-4H3,(H,20,21,22);9H,5-8H2,1-4H3. The second kappa shape index (κ2) is 12.4. The average molecular weight is 496 g/mol. The number of anilines is 1. The first-order valence-electron chi connectivity index (χ1n) is 12.7. The van der Waals surface area contributed by atoms with Gasteiger partial charge in [0, 0.05) is 29.2 Å². The second-order valence-electron chi connectivity index (χ2n) is 9.19. The fraction of sp³-hybridized carbons (Fsp3) is 0.500. The maximum atomic E-state index is 5.58. The highest BCUT2D eigenvalue weighted by atomic mass is 32.1. The van der Waals surface area contributed by atoms with E-state index < -0.39 is 0 Å². The van der Waals surface area contributed by atoms with Gasteiger partial charge in [-0.3, -0.25) is 0 Å². The van der Waals surface area contributed by atoms with E-state index >= 15 is 0 Å². The molecule has 1 atom stereocenters. The van der Waals surface area contributed by atoms with E-state index in [0.717, 1.165) is 35.1 Å². The monoisotopic (exact) mass is 495 g/mol. The molecule has 4 rings (SSSR count). The minimum absolute atomic E-state index is 0.806. The number of methoxy groups -OCH3 is 1. The number of nitrogens with zero attached hydrogens (tertiary/aromatic N) is 4. The van der Waals surface area contributed by atoms with Crippen LogP contribution in [0.5, 0.6) is 5.75 Å². The Bertz CT molecular complexity index is 1240. The number of thiophene rings is 1. The summed E-state index contributed by atoms with van der Waals surface area (Å²) >= 11 is 1.75. The predicted octanol–water partition coefficient (Wildman–Crippen LogP) is 7.05. The van der Waals surface area contributed by atoms with Crippen molar-refractivity contribution in [2.24, 2.45) is 0 Å². The second-order valence-corrected chi connectivity index (χ2v) is 10.2. The van der Waals surface area contributed by atoms with Gasteiger partial charge >= 0.3 is 0 Å². The molecule has 1 unspecified atom stereocenters. The van der Waals surface area contributed by atoms with Gasteiger partial charge < -0.3 is 15.0 Å². The zero-order valence-corrected chi connectivity index (χ0v) is 23.4. The van der Waals surface area contributed by atoms with Gasteiger partial charge in [0.1, 0.15) is 17.6 Å². The lowest BCUT2D eigenvalue weighted by Gasteiger charge is -2.22. The maximum Gasteiger partial charge on any atom is 0.154 e. The Labute approximate surface area is 214 Å². The molecule has 0 saturated carbocycles. The highest BCUT2D eigenvalue weighted by molar-refractivity contribution is 7.22. The Morgan fingerprint density at radius 3 is 2.51 bits per heavy atom. The van der Waals surface area contributed by atoms with Crippen LogP contribution in [0.1, 0.15) is 57.7 Å². The zero-order valence-electron chi connectivity index (χ0n) is 22.6. The molecular weight excluding hydrogens is 454 g/mol. The number of nitrogens with one attached hydrogen (secondary N) is 1. The number of fused-ring (bicyclic) bond motifs is 2. The molecule has 6 nitrogen and oxygen atoms in total. The third-order valence-electron chi connectivity index (χ3n) is 6.53.